The zero-order valence-electron chi connectivity index (χ0n) is 13.1. The van der Waals surface area contributed by atoms with Crippen molar-refractivity contribution in [2.24, 2.45) is 0 Å². The van der Waals surface area contributed by atoms with Crippen LogP contribution in [0.15, 0.2) is 18.2 Å². The second-order valence-corrected chi connectivity index (χ2v) is 7.08. The summed E-state index contributed by atoms with van der Waals surface area (Å²) in [5.74, 6) is 0. The molecule has 1 aliphatic carbocycles. The van der Waals surface area contributed by atoms with Crippen LogP contribution in [0.2, 0.25) is 0 Å². The fourth-order valence-corrected chi connectivity index (χ4v) is 2.95. The van der Waals surface area contributed by atoms with Crippen LogP contribution < -0.4 is 5.32 Å². The Morgan fingerprint density at radius 1 is 1.16 bits per heavy atom. The Kier molecular flexibility index (Phi) is 4.67. The van der Waals surface area contributed by atoms with Gasteiger partial charge in [0, 0.05) is 6.04 Å². The molecule has 0 saturated heterocycles. The Hall–Kier alpha value is -0.820. The molecule has 106 valence electrons. The van der Waals surface area contributed by atoms with Gasteiger partial charge in [0.05, 0.1) is 0 Å². The fourth-order valence-electron chi connectivity index (χ4n) is 2.95. The highest BCUT2D eigenvalue weighted by Gasteiger charge is 2.16. The van der Waals surface area contributed by atoms with E-state index in [1.807, 2.05) is 0 Å². The molecule has 0 heterocycles. The van der Waals surface area contributed by atoms with Crippen molar-refractivity contribution in [3.05, 3.63) is 34.9 Å². The van der Waals surface area contributed by atoms with Gasteiger partial charge in [-0.2, -0.15) is 0 Å². The van der Waals surface area contributed by atoms with E-state index >= 15 is 0 Å². The van der Waals surface area contributed by atoms with Crippen molar-refractivity contribution in [3.8, 4) is 0 Å². The molecule has 1 aromatic rings. The van der Waals surface area contributed by atoms with Crippen molar-refractivity contribution in [1.29, 1.82) is 0 Å². The highest BCUT2D eigenvalue weighted by molar-refractivity contribution is 5.34. The Balaban J connectivity index is 1.94. The van der Waals surface area contributed by atoms with E-state index in [9.17, 15) is 0 Å². The number of benzene rings is 1. The molecule has 1 aromatic carbocycles. The van der Waals surface area contributed by atoms with Gasteiger partial charge >= 0.3 is 0 Å². The van der Waals surface area contributed by atoms with Crippen molar-refractivity contribution in [2.75, 3.05) is 6.54 Å². The van der Waals surface area contributed by atoms with Crippen LogP contribution in [0.25, 0.3) is 0 Å². The number of aryl methyl sites for hydroxylation is 1. The topological polar surface area (TPSA) is 12.0 Å². The second-order valence-electron chi connectivity index (χ2n) is 7.08. The molecule has 1 heteroatoms. The van der Waals surface area contributed by atoms with Crippen molar-refractivity contribution < 1.29 is 0 Å². The highest BCUT2D eigenvalue weighted by Crippen LogP contribution is 2.24. The van der Waals surface area contributed by atoms with Gasteiger partial charge in [-0.15, -0.1) is 0 Å². The van der Waals surface area contributed by atoms with Crippen molar-refractivity contribution in [2.45, 2.75) is 71.3 Å². The van der Waals surface area contributed by atoms with Crippen LogP contribution in [-0.4, -0.2) is 12.6 Å². The third-order valence-electron chi connectivity index (χ3n) is 4.40. The molecule has 1 aliphatic rings. The zero-order valence-corrected chi connectivity index (χ0v) is 13.1. The first-order valence-corrected chi connectivity index (χ1v) is 7.80. The summed E-state index contributed by atoms with van der Waals surface area (Å²) in [7, 11) is 0. The lowest BCUT2D eigenvalue weighted by Crippen LogP contribution is -2.28. The quantitative estimate of drug-likeness (QED) is 0.847. The maximum Gasteiger partial charge on any atom is 0.00671 e. The number of hydrogen-bond donors (Lipinski definition) is 1. The molecular weight excluding hydrogens is 230 g/mol. The minimum absolute atomic E-state index is 0.251. The van der Waals surface area contributed by atoms with Gasteiger partial charge < -0.3 is 5.32 Å². The summed E-state index contributed by atoms with van der Waals surface area (Å²) >= 11 is 0. The molecule has 0 amide bonds. The Bertz CT molecular complexity index is 408. The highest BCUT2D eigenvalue weighted by atomic mass is 14.9. The van der Waals surface area contributed by atoms with Crippen molar-refractivity contribution in [3.63, 3.8) is 0 Å². The van der Waals surface area contributed by atoms with E-state index in [2.05, 4.69) is 51.2 Å². The van der Waals surface area contributed by atoms with Gasteiger partial charge in [-0.25, -0.2) is 0 Å². The molecule has 0 atom stereocenters. The summed E-state index contributed by atoms with van der Waals surface area (Å²) < 4.78 is 0. The van der Waals surface area contributed by atoms with E-state index in [-0.39, 0.29) is 5.41 Å². The summed E-state index contributed by atoms with van der Waals surface area (Å²) in [6.45, 7) is 10.2. The van der Waals surface area contributed by atoms with Gasteiger partial charge in [0.2, 0.25) is 0 Å². The van der Waals surface area contributed by atoms with Gasteiger partial charge in [-0.05, 0) is 54.8 Å². The predicted octanol–water partition coefficient (Wildman–Crippen LogP) is 4.37. The van der Waals surface area contributed by atoms with Crippen LogP contribution in [-0.2, 0) is 11.8 Å². The Morgan fingerprint density at radius 3 is 2.47 bits per heavy atom. The minimum atomic E-state index is 0.251. The van der Waals surface area contributed by atoms with Gasteiger partial charge in [-0.1, -0.05) is 51.8 Å². The molecule has 0 unspecified atom stereocenters. The van der Waals surface area contributed by atoms with E-state index in [1.54, 1.807) is 0 Å². The fraction of sp³-hybridized carbons (Fsp3) is 0.667. The van der Waals surface area contributed by atoms with Crippen LogP contribution in [0.3, 0.4) is 0 Å². The van der Waals surface area contributed by atoms with Crippen LogP contribution in [0.4, 0.5) is 0 Å². The van der Waals surface area contributed by atoms with E-state index < -0.39 is 0 Å². The molecule has 0 aromatic heterocycles. The number of nitrogens with one attached hydrogen (secondary N) is 1. The molecule has 2 rings (SSSR count). The van der Waals surface area contributed by atoms with Gasteiger partial charge in [0.25, 0.3) is 0 Å². The predicted molar refractivity (Wildman–Crippen MR) is 83.8 cm³/mol. The lowest BCUT2D eigenvalue weighted by molar-refractivity contribution is 0.526. The summed E-state index contributed by atoms with van der Waals surface area (Å²) in [5, 5.41) is 3.72. The minimum Gasteiger partial charge on any atom is -0.314 e. The average molecular weight is 259 g/mol. The van der Waals surface area contributed by atoms with Crippen LogP contribution in [0, 0.1) is 6.92 Å². The second kappa shape index (κ2) is 6.09. The first-order valence-electron chi connectivity index (χ1n) is 7.80. The lowest BCUT2D eigenvalue weighted by Gasteiger charge is -2.21. The molecular formula is C18H29N. The molecule has 19 heavy (non-hydrogen) atoms. The van der Waals surface area contributed by atoms with Crippen LogP contribution in [0.5, 0.6) is 0 Å². The van der Waals surface area contributed by atoms with E-state index in [1.165, 1.54) is 42.4 Å². The maximum atomic E-state index is 3.72. The van der Waals surface area contributed by atoms with E-state index in [0.717, 1.165) is 19.0 Å². The number of hydrogen-bond acceptors (Lipinski definition) is 1. The monoisotopic (exact) mass is 259 g/mol. The Labute approximate surface area is 118 Å². The molecule has 1 N–H and O–H groups in total. The van der Waals surface area contributed by atoms with Crippen LogP contribution >= 0.6 is 0 Å². The van der Waals surface area contributed by atoms with Gasteiger partial charge in [0.1, 0.15) is 0 Å². The number of rotatable bonds is 4. The standard InChI is InChI=1S/C18H29N/c1-14-9-10-16(18(2,3)4)13-15(14)11-12-19-17-7-5-6-8-17/h9-10,13,17,19H,5-8,11-12H2,1-4H3. The van der Waals surface area contributed by atoms with Crippen molar-refractivity contribution >= 4 is 0 Å². The first-order chi connectivity index (χ1) is 8.97. The lowest BCUT2D eigenvalue weighted by atomic mass is 9.85. The maximum absolute atomic E-state index is 3.72. The largest absolute Gasteiger partial charge is 0.314 e. The summed E-state index contributed by atoms with van der Waals surface area (Å²) in [4.78, 5) is 0. The third kappa shape index (κ3) is 4.07. The van der Waals surface area contributed by atoms with E-state index in [0.29, 0.717) is 0 Å². The molecule has 0 aliphatic heterocycles. The van der Waals surface area contributed by atoms with Gasteiger partial charge in [-0.3, -0.25) is 0 Å². The molecule has 1 saturated carbocycles. The van der Waals surface area contributed by atoms with E-state index in [4.69, 9.17) is 0 Å². The SMILES string of the molecule is Cc1ccc(C(C)(C)C)cc1CCNC1CCCC1. The zero-order chi connectivity index (χ0) is 13.9. The van der Waals surface area contributed by atoms with Gasteiger partial charge in [0.15, 0.2) is 0 Å². The first kappa shape index (κ1) is 14.6. The Morgan fingerprint density at radius 2 is 1.84 bits per heavy atom. The summed E-state index contributed by atoms with van der Waals surface area (Å²) in [6, 6.07) is 7.76. The molecule has 1 fully saturated rings. The molecule has 1 nitrogen and oxygen atoms in total. The summed E-state index contributed by atoms with van der Waals surface area (Å²) in [5.41, 5.74) is 4.65. The average Bonchev–Trinajstić information content (AvgIpc) is 2.83. The molecule has 0 radical (unpaired) electrons. The summed E-state index contributed by atoms with van der Waals surface area (Å²) in [6.07, 6.45) is 6.74. The van der Waals surface area contributed by atoms with Crippen molar-refractivity contribution in [1.82, 2.24) is 5.32 Å². The molecule has 0 spiro atoms. The molecule has 0 bridgehead atoms. The third-order valence-corrected chi connectivity index (χ3v) is 4.40. The van der Waals surface area contributed by atoms with Crippen LogP contribution in [0.1, 0.15) is 63.1 Å². The smallest absolute Gasteiger partial charge is 0.00671 e. The normalized spacial score (nSPS) is 17.1.